The van der Waals surface area contributed by atoms with Crippen molar-refractivity contribution in [3.05, 3.63) is 11.7 Å². The minimum atomic E-state index is -2.94. The average Bonchev–Trinajstić information content (AvgIpc) is 2.87. The Morgan fingerprint density at radius 3 is 2.94 bits per heavy atom. The molecule has 0 saturated carbocycles. The molecular formula is C9H15N3O4S. The summed E-state index contributed by atoms with van der Waals surface area (Å²) >= 11 is 0. The number of aromatic nitrogens is 2. The van der Waals surface area contributed by atoms with Crippen molar-refractivity contribution in [3.8, 4) is 0 Å². The third-order valence-electron chi connectivity index (χ3n) is 2.83. The minimum Gasteiger partial charge on any atom is -0.370 e. The van der Waals surface area contributed by atoms with Gasteiger partial charge >= 0.3 is 0 Å². The van der Waals surface area contributed by atoms with Gasteiger partial charge in [-0.25, -0.2) is 8.42 Å². The summed E-state index contributed by atoms with van der Waals surface area (Å²) < 4.78 is 32.8. The van der Waals surface area contributed by atoms with Gasteiger partial charge in [0.2, 0.25) is 0 Å². The van der Waals surface area contributed by atoms with E-state index in [2.05, 4.69) is 10.1 Å². The van der Waals surface area contributed by atoms with Gasteiger partial charge < -0.3 is 15.0 Å². The fourth-order valence-electron chi connectivity index (χ4n) is 1.84. The Kier molecular flexibility index (Phi) is 3.45. The van der Waals surface area contributed by atoms with Crippen molar-refractivity contribution in [2.75, 3.05) is 25.2 Å². The standard InChI is InChI=1S/C9H15N3O4S/c1-15-7(4-10)9-11-8(12-16-9)6-2-3-17(13,14)5-6/h6-7H,2-5,10H2,1H3. The fourth-order valence-corrected chi connectivity index (χ4v) is 3.58. The molecule has 0 aromatic carbocycles. The van der Waals surface area contributed by atoms with E-state index in [4.69, 9.17) is 15.0 Å². The van der Waals surface area contributed by atoms with E-state index in [9.17, 15) is 8.42 Å². The normalized spacial score (nSPS) is 24.9. The van der Waals surface area contributed by atoms with Crippen LogP contribution in [0.3, 0.4) is 0 Å². The second kappa shape index (κ2) is 4.71. The molecule has 2 N–H and O–H groups in total. The predicted molar refractivity (Wildman–Crippen MR) is 59.1 cm³/mol. The zero-order valence-electron chi connectivity index (χ0n) is 9.50. The summed E-state index contributed by atoms with van der Waals surface area (Å²) in [5, 5.41) is 3.79. The van der Waals surface area contributed by atoms with Crippen LogP contribution in [-0.2, 0) is 14.6 Å². The summed E-state index contributed by atoms with van der Waals surface area (Å²) in [7, 11) is -1.44. The highest BCUT2D eigenvalue weighted by Crippen LogP contribution is 2.27. The molecule has 0 spiro atoms. The first-order valence-electron chi connectivity index (χ1n) is 5.32. The Morgan fingerprint density at radius 2 is 2.41 bits per heavy atom. The Balaban J connectivity index is 2.14. The van der Waals surface area contributed by atoms with Crippen molar-refractivity contribution < 1.29 is 17.7 Å². The number of nitrogens with zero attached hydrogens (tertiary/aromatic N) is 2. The minimum absolute atomic E-state index is 0.0895. The quantitative estimate of drug-likeness (QED) is 0.786. The Hall–Kier alpha value is -0.990. The Morgan fingerprint density at radius 1 is 1.65 bits per heavy atom. The average molecular weight is 261 g/mol. The molecule has 0 radical (unpaired) electrons. The lowest BCUT2D eigenvalue weighted by atomic mass is 10.1. The Bertz CT molecular complexity index is 480. The second-order valence-electron chi connectivity index (χ2n) is 4.05. The third-order valence-corrected chi connectivity index (χ3v) is 4.60. The van der Waals surface area contributed by atoms with Crippen LogP contribution in [0, 0.1) is 0 Å². The highest BCUT2D eigenvalue weighted by Gasteiger charge is 2.32. The molecule has 2 unspecified atom stereocenters. The second-order valence-corrected chi connectivity index (χ2v) is 6.28. The molecule has 0 amide bonds. The molecule has 2 heterocycles. The van der Waals surface area contributed by atoms with Crippen LogP contribution < -0.4 is 5.73 Å². The first-order chi connectivity index (χ1) is 8.05. The molecule has 0 bridgehead atoms. The van der Waals surface area contributed by atoms with E-state index in [0.717, 1.165) is 0 Å². The molecule has 1 aliphatic rings. The molecule has 1 aliphatic heterocycles. The number of hydrogen-bond donors (Lipinski definition) is 1. The van der Waals surface area contributed by atoms with Gasteiger partial charge in [0.1, 0.15) is 6.10 Å². The number of methoxy groups -OCH3 is 1. The summed E-state index contributed by atoms with van der Waals surface area (Å²) in [5.41, 5.74) is 5.47. The summed E-state index contributed by atoms with van der Waals surface area (Å²) in [5.74, 6) is 0.830. The largest absolute Gasteiger partial charge is 0.370 e. The van der Waals surface area contributed by atoms with Gasteiger partial charge in [0.15, 0.2) is 15.7 Å². The van der Waals surface area contributed by atoms with Crippen LogP contribution in [0.5, 0.6) is 0 Å². The van der Waals surface area contributed by atoms with Gasteiger partial charge in [-0.1, -0.05) is 5.16 Å². The molecule has 0 aliphatic carbocycles. The van der Waals surface area contributed by atoms with E-state index < -0.39 is 15.9 Å². The first-order valence-corrected chi connectivity index (χ1v) is 7.14. The van der Waals surface area contributed by atoms with Crippen molar-refractivity contribution >= 4 is 9.84 Å². The maximum absolute atomic E-state index is 11.3. The number of hydrogen-bond acceptors (Lipinski definition) is 7. The lowest BCUT2D eigenvalue weighted by Crippen LogP contribution is -2.14. The number of nitrogens with two attached hydrogens (primary N) is 1. The van der Waals surface area contributed by atoms with Gasteiger partial charge in [0.25, 0.3) is 5.89 Å². The van der Waals surface area contributed by atoms with Gasteiger partial charge in [-0.05, 0) is 6.42 Å². The van der Waals surface area contributed by atoms with Crippen LogP contribution in [0.2, 0.25) is 0 Å². The molecule has 96 valence electrons. The summed E-state index contributed by atoms with van der Waals surface area (Å²) in [4.78, 5) is 4.15. The monoisotopic (exact) mass is 261 g/mol. The number of ether oxygens (including phenoxy) is 1. The lowest BCUT2D eigenvalue weighted by Gasteiger charge is -2.05. The van der Waals surface area contributed by atoms with Gasteiger partial charge in [-0.3, -0.25) is 0 Å². The van der Waals surface area contributed by atoms with Crippen LogP contribution in [0.25, 0.3) is 0 Å². The van der Waals surface area contributed by atoms with E-state index in [1.165, 1.54) is 7.11 Å². The summed E-state index contributed by atoms with van der Waals surface area (Å²) in [6, 6.07) is 0. The molecule has 17 heavy (non-hydrogen) atoms. The van der Waals surface area contributed by atoms with E-state index in [0.29, 0.717) is 18.1 Å². The summed E-state index contributed by atoms with van der Waals surface area (Å²) in [6.45, 7) is 0.237. The lowest BCUT2D eigenvalue weighted by molar-refractivity contribution is 0.0804. The molecule has 1 aromatic heterocycles. The topological polar surface area (TPSA) is 108 Å². The molecular weight excluding hydrogens is 246 g/mol. The van der Waals surface area contributed by atoms with Gasteiger partial charge in [-0.15, -0.1) is 0 Å². The van der Waals surface area contributed by atoms with Gasteiger partial charge in [0, 0.05) is 19.6 Å². The van der Waals surface area contributed by atoms with Crippen molar-refractivity contribution in [1.29, 1.82) is 0 Å². The van der Waals surface area contributed by atoms with Crippen molar-refractivity contribution in [2.45, 2.75) is 18.4 Å². The zero-order valence-corrected chi connectivity index (χ0v) is 10.3. The van der Waals surface area contributed by atoms with Crippen molar-refractivity contribution in [3.63, 3.8) is 0 Å². The maximum Gasteiger partial charge on any atom is 0.257 e. The highest BCUT2D eigenvalue weighted by atomic mass is 32.2. The Labute approximate surface area is 99.2 Å². The SMILES string of the molecule is COC(CN)c1nc(C2CCS(=O)(=O)C2)no1. The van der Waals surface area contributed by atoms with Crippen LogP contribution in [0.1, 0.15) is 30.2 Å². The van der Waals surface area contributed by atoms with Gasteiger partial charge in [-0.2, -0.15) is 4.98 Å². The highest BCUT2D eigenvalue weighted by molar-refractivity contribution is 7.91. The molecule has 1 saturated heterocycles. The molecule has 2 atom stereocenters. The van der Waals surface area contributed by atoms with E-state index in [1.54, 1.807) is 0 Å². The zero-order chi connectivity index (χ0) is 12.5. The van der Waals surface area contributed by atoms with Crippen LogP contribution >= 0.6 is 0 Å². The van der Waals surface area contributed by atoms with E-state index in [-0.39, 0.29) is 24.0 Å². The van der Waals surface area contributed by atoms with E-state index in [1.807, 2.05) is 0 Å². The third kappa shape index (κ3) is 2.64. The first kappa shape index (κ1) is 12.5. The van der Waals surface area contributed by atoms with Crippen molar-refractivity contribution in [2.24, 2.45) is 5.73 Å². The van der Waals surface area contributed by atoms with E-state index >= 15 is 0 Å². The molecule has 1 fully saturated rings. The van der Waals surface area contributed by atoms with Crippen LogP contribution in [-0.4, -0.2) is 43.7 Å². The predicted octanol–water partition coefficient (Wildman–Crippen LogP) is -0.382. The van der Waals surface area contributed by atoms with Gasteiger partial charge in [0.05, 0.1) is 11.5 Å². The van der Waals surface area contributed by atoms with Crippen LogP contribution in [0.4, 0.5) is 0 Å². The maximum atomic E-state index is 11.3. The number of sulfone groups is 1. The fraction of sp³-hybridized carbons (Fsp3) is 0.778. The molecule has 7 nitrogen and oxygen atoms in total. The molecule has 2 rings (SSSR count). The summed E-state index contributed by atoms with van der Waals surface area (Å²) in [6.07, 6.45) is 0.107. The number of rotatable bonds is 4. The smallest absolute Gasteiger partial charge is 0.257 e. The van der Waals surface area contributed by atoms with Crippen molar-refractivity contribution in [1.82, 2.24) is 10.1 Å². The van der Waals surface area contributed by atoms with Crippen LogP contribution in [0.15, 0.2) is 4.52 Å². The molecule has 8 heteroatoms. The molecule has 1 aromatic rings.